The van der Waals surface area contributed by atoms with Crippen LogP contribution in [0.3, 0.4) is 0 Å². The Bertz CT molecular complexity index is 391. The Morgan fingerprint density at radius 1 is 1.54 bits per heavy atom. The minimum atomic E-state index is -0.123. The van der Waals surface area contributed by atoms with Crippen LogP contribution in [0.15, 0.2) is 23.3 Å². The average molecular weight is 213 g/mol. The molecule has 3 nitrogen and oxygen atoms in total. The Morgan fingerprint density at radius 3 is 3.00 bits per heavy atom. The first-order valence-electron chi connectivity index (χ1n) is 3.62. The average Bonchev–Trinajstić information content (AvgIpc) is 2.53. The van der Waals surface area contributed by atoms with Crippen molar-refractivity contribution in [2.24, 2.45) is 4.99 Å². The summed E-state index contributed by atoms with van der Waals surface area (Å²) in [7, 11) is 0. The molecule has 0 bridgehead atoms. The van der Waals surface area contributed by atoms with Crippen molar-refractivity contribution in [3.05, 3.63) is 29.0 Å². The molecule has 66 valence electrons. The van der Waals surface area contributed by atoms with Crippen LogP contribution in [0.1, 0.15) is 5.69 Å². The molecule has 0 aliphatic carbocycles. The van der Waals surface area contributed by atoms with Crippen molar-refractivity contribution < 1.29 is 4.79 Å². The molecule has 1 aliphatic heterocycles. The van der Waals surface area contributed by atoms with E-state index < -0.39 is 0 Å². The third kappa shape index (κ3) is 1.73. The minimum absolute atomic E-state index is 0.123. The fraction of sp³-hybridized carbons (Fsp3) is 0.125. The van der Waals surface area contributed by atoms with E-state index in [4.69, 9.17) is 11.6 Å². The van der Waals surface area contributed by atoms with Crippen molar-refractivity contribution >= 4 is 34.3 Å². The molecule has 0 atom stereocenters. The zero-order chi connectivity index (χ0) is 9.26. The molecule has 1 amide bonds. The van der Waals surface area contributed by atoms with Gasteiger partial charge in [0.1, 0.15) is 10.7 Å². The van der Waals surface area contributed by atoms with E-state index in [9.17, 15) is 4.79 Å². The molecular weight excluding hydrogens is 208 g/mol. The van der Waals surface area contributed by atoms with E-state index in [2.05, 4.69) is 9.98 Å². The van der Waals surface area contributed by atoms with Crippen LogP contribution in [-0.2, 0) is 4.79 Å². The molecule has 1 aromatic heterocycles. The van der Waals surface area contributed by atoms with Crippen LogP contribution in [0.4, 0.5) is 0 Å². The fourth-order valence-electron chi connectivity index (χ4n) is 0.972. The van der Waals surface area contributed by atoms with Crippen LogP contribution in [-0.4, -0.2) is 21.7 Å². The highest BCUT2D eigenvalue weighted by molar-refractivity contribution is 8.15. The number of hydrogen-bond acceptors (Lipinski definition) is 3. The van der Waals surface area contributed by atoms with Crippen LogP contribution in [0, 0.1) is 0 Å². The highest BCUT2D eigenvalue weighted by Gasteiger charge is 2.19. The molecule has 0 aromatic carbocycles. The molecule has 2 rings (SSSR count). The first-order valence-corrected chi connectivity index (χ1v) is 4.99. The van der Waals surface area contributed by atoms with Gasteiger partial charge >= 0.3 is 0 Å². The van der Waals surface area contributed by atoms with Gasteiger partial charge in [-0.1, -0.05) is 23.4 Å². The van der Waals surface area contributed by atoms with Crippen LogP contribution in [0.5, 0.6) is 0 Å². The molecule has 1 aliphatic rings. The van der Waals surface area contributed by atoms with Crippen molar-refractivity contribution in [1.29, 1.82) is 0 Å². The summed E-state index contributed by atoms with van der Waals surface area (Å²) in [5.74, 6) is 0.268. The number of amides is 1. The first-order chi connectivity index (χ1) is 6.27. The summed E-state index contributed by atoms with van der Waals surface area (Å²) >= 11 is 7.26. The molecule has 0 fully saturated rings. The van der Waals surface area contributed by atoms with E-state index in [1.807, 2.05) is 0 Å². The SMILES string of the molecule is O=C1CSC(c2ncccc2Cl)=N1. The number of rotatable bonds is 1. The predicted octanol–water partition coefficient (Wildman–Crippen LogP) is 1.75. The number of aromatic nitrogens is 1. The lowest BCUT2D eigenvalue weighted by Crippen LogP contribution is -1.96. The Hall–Kier alpha value is -0.870. The van der Waals surface area contributed by atoms with Crippen LogP contribution < -0.4 is 0 Å². The monoisotopic (exact) mass is 212 g/mol. The maximum absolute atomic E-state index is 10.9. The Morgan fingerprint density at radius 2 is 2.38 bits per heavy atom. The largest absolute Gasteiger partial charge is 0.272 e. The standard InChI is InChI=1S/C8H5ClN2OS/c9-5-2-1-3-10-7(5)8-11-6(12)4-13-8/h1-3H,4H2. The van der Waals surface area contributed by atoms with E-state index in [1.54, 1.807) is 18.3 Å². The van der Waals surface area contributed by atoms with E-state index in [-0.39, 0.29) is 5.91 Å². The highest BCUT2D eigenvalue weighted by atomic mass is 35.5. The predicted molar refractivity (Wildman–Crippen MR) is 53.2 cm³/mol. The highest BCUT2D eigenvalue weighted by Crippen LogP contribution is 2.23. The minimum Gasteiger partial charge on any atom is -0.272 e. The summed E-state index contributed by atoms with van der Waals surface area (Å²) in [5, 5.41) is 1.15. The summed E-state index contributed by atoms with van der Waals surface area (Å²) < 4.78 is 0. The zero-order valence-corrected chi connectivity index (χ0v) is 8.10. The van der Waals surface area contributed by atoms with Gasteiger partial charge < -0.3 is 0 Å². The molecule has 5 heteroatoms. The summed E-state index contributed by atoms with van der Waals surface area (Å²) in [6.07, 6.45) is 1.63. The van der Waals surface area contributed by atoms with Gasteiger partial charge in [0.05, 0.1) is 10.8 Å². The lowest BCUT2D eigenvalue weighted by molar-refractivity contribution is -0.115. The number of hydrogen-bond donors (Lipinski definition) is 0. The second kappa shape index (κ2) is 3.47. The molecular formula is C8H5ClN2OS. The smallest absolute Gasteiger partial charge is 0.257 e. The van der Waals surface area contributed by atoms with Gasteiger partial charge in [0.15, 0.2) is 0 Å². The van der Waals surface area contributed by atoms with Crippen molar-refractivity contribution in [1.82, 2.24) is 4.98 Å². The fourth-order valence-corrected chi connectivity index (χ4v) is 2.03. The lowest BCUT2D eigenvalue weighted by atomic mass is 10.4. The lowest BCUT2D eigenvalue weighted by Gasteiger charge is -1.98. The molecule has 0 spiro atoms. The number of carbonyl (C=O) groups is 1. The molecule has 0 unspecified atom stereocenters. The van der Waals surface area contributed by atoms with Crippen molar-refractivity contribution in [3.63, 3.8) is 0 Å². The summed E-state index contributed by atoms with van der Waals surface area (Å²) in [4.78, 5) is 18.7. The van der Waals surface area contributed by atoms with E-state index in [0.717, 1.165) is 0 Å². The molecule has 13 heavy (non-hydrogen) atoms. The number of halogens is 1. The summed E-state index contributed by atoms with van der Waals surface area (Å²) in [5.41, 5.74) is 0.597. The van der Waals surface area contributed by atoms with E-state index >= 15 is 0 Å². The second-order valence-electron chi connectivity index (χ2n) is 2.43. The molecule has 0 radical (unpaired) electrons. The summed E-state index contributed by atoms with van der Waals surface area (Å²) in [6.45, 7) is 0. The number of carbonyl (C=O) groups excluding carboxylic acids is 1. The number of thioether (sulfide) groups is 1. The Kier molecular flexibility index (Phi) is 2.33. The second-order valence-corrected chi connectivity index (χ2v) is 3.80. The molecule has 0 saturated heterocycles. The quantitative estimate of drug-likeness (QED) is 0.713. The van der Waals surface area contributed by atoms with Crippen LogP contribution in [0.2, 0.25) is 5.02 Å². The normalized spacial score (nSPS) is 16.1. The van der Waals surface area contributed by atoms with Gasteiger partial charge in [-0.25, -0.2) is 4.99 Å². The van der Waals surface area contributed by atoms with Crippen molar-refractivity contribution in [2.75, 3.05) is 5.75 Å². The maximum Gasteiger partial charge on any atom is 0.257 e. The molecule has 1 aromatic rings. The molecule has 0 saturated carbocycles. The summed E-state index contributed by atoms with van der Waals surface area (Å²) in [6, 6.07) is 3.48. The maximum atomic E-state index is 10.9. The van der Waals surface area contributed by atoms with Gasteiger partial charge in [-0.15, -0.1) is 0 Å². The Balaban J connectivity index is 2.41. The van der Waals surface area contributed by atoms with E-state index in [1.165, 1.54) is 11.8 Å². The van der Waals surface area contributed by atoms with Crippen LogP contribution >= 0.6 is 23.4 Å². The zero-order valence-electron chi connectivity index (χ0n) is 6.53. The Labute approximate surface area is 84.2 Å². The third-order valence-electron chi connectivity index (χ3n) is 1.52. The molecule has 0 N–H and O–H groups in total. The number of pyridine rings is 1. The topological polar surface area (TPSA) is 42.3 Å². The third-order valence-corrected chi connectivity index (χ3v) is 2.77. The van der Waals surface area contributed by atoms with Gasteiger partial charge in [0, 0.05) is 6.20 Å². The van der Waals surface area contributed by atoms with Gasteiger partial charge in [-0.05, 0) is 12.1 Å². The van der Waals surface area contributed by atoms with Gasteiger partial charge in [-0.3, -0.25) is 9.78 Å². The number of aliphatic imine (C=N–C) groups is 1. The van der Waals surface area contributed by atoms with Crippen molar-refractivity contribution in [3.8, 4) is 0 Å². The molecule has 2 heterocycles. The van der Waals surface area contributed by atoms with E-state index in [0.29, 0.717) is 21.5 Å². The first kappa shape index (κ1) is 8.72. The van der Waals surface area contributed by atoms with Gasteiger partial charge in [0.2, 0.25) is 0 Å². The van der Waals surface area contributed by atoms with Crippen LogP contribution in [0.25, 0.3) is 0 Å². The van der Waals surface area contributed by atoms with Gasteiger partial charge in [0.25, 0.3) is 5.91 Å². The van der Waals surface area contributed by atoms with Crippen molar-refractivity contribution in [2.45, 2.75) is 0 Å². The number of nitrogens with zero attached hydrogens (tertiary/aromatic N) is 2. The van der Waals surface area contributed by atoms with Gasteiger partial charge in [-0.2, -0.15) is 0 Å².